The third-order valence-electron chi connectivity index (χ3n) is 3.73. The van der Waals surface area contributed by atoms with Crippen LogP contribution in [0.3, 0.4) is 0 Å². The fourth-order valence-corrected chi connectivity index (χ4v) is 2.55. The number of carboxylic acid groups (broad SMARTS) is 1. The summed E-state index contributed by atoms with van der Waals surface area (Å²) in [6.07, 6.45) is 1.46. The highest BCUT2D eigenvalue weighted by molar-refractivity contribution is 5.78. The molecular formula is C16H21FN2O4. The van der Waals surface area contributed by atoms with Crippen LogP contribution in [-0.2, 0) is 9.59 Å². The van der Waals surface area contributed by atoms with Crippen molar-refractivity contribution in [2.75, 3.05) is 32.8 Å². The van der Waals surface area contributed by atoms with Gasteiger partial charge in [0.15, 0.2) is 0 Å². The van der Waals surface area contributed by atoms with E-state index in [1.807, 2.05) is 4.90 Å². The van der Waals surface area contributed by atoms with E-state index >= 15 is 0 Å². The molecule has 1 saturated heterocycles. The lowest BCUT2D eigenvalue weighted by Gasteiger charge is -2.29. The molecule has 2 rings (SSSR count). The molecule has 1 aromatic carbocycles. The zero-order valence-electron chi connectivity index (χ0n) is 12.8. The predicted octanol–water partition coefficient (Wildman–Crippen LogP) is 1.12. The number of rotatable bonds is 7. The van der Waals surface area contributed by atoms with Crippen LogP contribution in [-0.4, -0.2) is 54.7 Å². The number of halogens is 1. The second-order valence-corrected chi connectivity index (χ2v) is 5.56. The number of ether oxygens (including phenoxy) is 1. The van der Waals surface area contributed by atoms with Crippen molar-refractivity contribution in [3.63, 3.8) is 0 Å². The molecule has 0 bridgehead atoms. The van der Waals surface area contributed by atoms with Crippen molar-refractivity contribution in [2.24, 2.45) is 5.92 Å². The average Bonchev–Trinajstić information content (AvgIpc) is 2.53. The molecule has 1 aliphatic heterocycles. The van der Waals surface area contributed by atoms with E-state index in [-0.39, 0.29) is 24.9 Å². The Morgan fingerprint density at radius 3 is 2.78 bits per heavy atom. The Hall–Kier alpha value is -2.15. The molecule has 1 aliphatic rings. The Labute approximate surface area is 134 Å². The molecule has 1 aromatic rings. The molecule has 1 amide bonds. The molecule has 1 unspecified atom stereocenters. The van der Waals surface area contributed by atoms with Gasteiger partial charge >= 0.3 is 5.97 Å². The third kappa shape index (κ3) is 5.86. The summed E-state index contributed by atoms with van der Waals surface area (Å²) in [6.45, 7) is 1.97. The van der Waals surface area contributed by atoms with Crippen LogP contribution in [0.15, 0.2) is 24.3 Å². The molecule has 0 aromatic heterocycles. The van der Waals surface area contributed by atoms with Gasteiger partial charge in [0.25, 0.3) is 0 Å². The molecule has 6 nitrogen and oxygen atoms in total. The number of aliphatic carboxylic acids is 1. The third-order valence-corrected chi connectivity index (χ3v) is 3.73. The highest BCUT2D eigenvalue weighted by Crippen LogP contribution is 2.16. The highest BCUT2D eigenvalue weighted by Gasteiger charge is 2.26. The lowest BCUT2D eigenvalue weighted by atomic mass is 9.98. The van der Waals surface area contributed by atoms with Crippen molar-refractivity contribution < 1.29 is 23.8 Å². The van der Waals surface area contributed by atoms with E-state index in [9.17, 15) is 14.0 Å². The van der Waals surface area contributed by atoms with Crippen LogP contribution in [0.2, 0.25) is 0 Å². The Morgan fingerprint density at radius 2 is 2.09 bits per heavy atom. The summed E-state index contributed by atoms with van der Waals surface area (Å²) in [6, 6.07) is 5.67. The number of hydrogen-bond donors (Lipinski definition) is 2. The van der Waals surface area contributed by atoms with Crippen LogP contribution < -0.4 is 10.1 Å². The van der Waals surface area contributed by atoms with Gasteiger partial charge in [0.2, 0.25) is 5.91 Å². The van der Waals surface area contributed by atoms with Crippen LogP contribution in [0, 0.1) is 11.7 Å². The molecular weight excluding hydrogens is 303 g/mol. The number of likely N-dealkylation sites (tertiary alicyclic amines) is 1. The van der Waals surface area contributed by atoms with Gasteiger partial charge in [-0.15, -0.1) is 0 Å². The highest BCUT2D eigenvalue weighted by atomic mass is 19.1. The van der Waals surface area contributed by atoms with Crippen LogP contribution >= 0.6 is 0 Å². The summed E-state index contributed by atoms with van der Waals surface area (Å²) in [7, 11) is 0. The van der Waals surface area contributed by atoms with Gasteiger partial charge in [-0.05, 0) is 43.7 Å². The van der Waals surface area contributed by atoms with Gasteiger partial charge in [-0.25, -0.2) is 4.39 Å². The van der Waals surface area contributed by atoms with Crippen molar-refractivity contribution >= 4 is 11.9 Å². The van der Waals surface area contributed by atoms with Crippen LogP contribution in [0.4, 0.5) is 4.39 Å². The minimum Gasteiger partial charge on any atom is -0.492 e. The van der Waals surface area contributed by atoms with Gasteiger partial charge in [-0.2, -0.15) is 0 Å². The molecule has 7 heteroatoms. The maximum absolute atomic E-state index is 12.7. The molecule has 1 heterocycles. The van der Waals surface area contributed by atoms with E-state index in [0.29, 0.717) is 25.3 Å². The number of benzene rings is 1. The van der Waals surface area contributed by atoms with E-state index < -0.39 is 11.9 Å². The summed E-state index contributed by atoms with van der Waals surface area (Å²) in [5.41, 5.74) is 0. The van der Waals surface area contributed by atoms with Gasteiger partial charge in [0.05, 0.1) is 19.0 Å². The van der Waals surface area contributed by atoms with E-state index in [2.05, 4.69) is 5.32 Å². The Morgan fingerprint density at radius 1 is 1.35 bits per heavy atom. The summed E-state index contributed by atoms with van der Waals surface area (Å²) in [5, 5.41) is 11.8. The number of carboxylic acids is 1. The molecule has 0 saturated carbocycles. The van der Waals surface area contributed by atoms with E-state index in [1.54, 1.807) is 0 Å². The van der Waals surface area contributed by atoms with E-state index in [0.717, 1.165) is 13.0 Å². The SMILES string of the molecule is O=C(CN1CCCC(C(=O)O)C1)NCCOc1ccc(F)cc1. The van der Waals surface area contributed by atoms with E-state index in [4.69, 9.17) is 9.84 Å². The van der Waals surface area contributed by atoms with Gasteiger partial charge in [-0.1, -0.05) is 0 Å². The first kappa shape index (κ1) is 17.2. The first-order valence-electron chi connectivity index (χ1n) is 7.65. The maximum Gasteiger partial charge on any atom is 0.307 e. The Kier molecular flexibility index (Phi) is 6.34. The summed E-state index contributed by atoms with van der Waals surface area (Å²) in [5.74, 6) is -1.13. The number of carbonyl (C=O) groups excluding carboxylic acids is 1. The summed E-state index contributed by atoms with van der Waals surface area (Å²) >= 11 is 0. The van der Waals surface area contributed by atoms with Gasteiger partial charge in [-0.3, -0.25) is 14.5 Å². The number of amides is 1. The number of piperidine rings is 1. The fourth-order valence-electron chi connectivity index (χ4n) is 2.55. The van der Waals surface area contributed by atoms with Crippen LogP contribution in [0.1, 0.15) is 12.8 Å². The largest absolute Gasteiger partial charge is 0.492 e. The van der Waals surface area contributed by atoms with Crippen molar-refractivity contribution in [1.82, 2.24) is 10.2 Å². The smallest absolute Gasteiger partial charge is 0.307 e. The average molecular weight is 324 g/mol. The Bertz CT molecular complexity index is 535. The molecule has 0 radical (unpaired) electrons. The minimum absolute atomic E-state index is 0.154. The second-order valence-electron chi connectivity index (χ2n) is 5.56. The zero-order valence-corrected chi connectivity index (χ0v) is 12.8. The van der Waals surface area contributed by atoms with Crippen LogP contribution in [0.5, 0.6) is 5.75 Å². The zero-order chi connectivity index (χ0) is 16.7. The Balaban J connectivity index is 1.63. The van der Waals surface area contributed by atoms with Crippen molar-refractivity contribution in [3.05, 3.63) is 30.1 Å². The van der Waals surface area contributed by atoms with Crippen molar-refractivity contribution in [1.29, 1.82) is 0 Å². The predicted molar refractivity (Wildman–Crippen MR) is 81.7 cm³/mol. The topological polar surface area (TPSA) is 78.9 Å². The number of nitrogens with zero attached hydrogens (tertiary/aromatic N) is 1. The van der Waals surface area contributed by atoms with Gasteiger partial charge < -0.3 is 15.2 Å². The second kappa shape index (κ2) is 8.47. The molecule has 1 fully saturated rings. The van der Waals surface area contributed by atoms with Crippen molar-refractivity contribution in [3.8, 4) is 5.75 Å². The molecule has 1 atom stereocenters. The fraction of sp³-hybridized carbons (Fsp3) is 0.500. The first-order valence-corrected chi connectivity index (χ1v) is 7.65. The minimum atomic E-state index is -0.803. The number of hydrogen-bond acceptors (Lipinski definition) is 4. The van der Waals surface area contributed by atoms with E-state index in [1.165, 1.54) is 24.3 Å². The molecule has 2 N–H and O–H groups in total. The molecule has 23 heavy (non-hydrogen) atoms. The molecule has 0 aliphatic carbocycles. The standard InChI is InChI=1S/C16H21FN2O4/c17-13-3-5-14(6-4-13)23-9-7-18-15(20)11-19-8-1-2-12(10-19)16(21)22/h3-6,12H,1-2,7-11H2,(H,18,20)(H,21,22). The molecule has 126 valence electrons. The monoisotopic (exact) mass is 324 g/mol. The van der Waals surface area contributed by atoms with Crippen molar-refractivity contribution in [2.45, 2.75) is 12.8 Å². The number of nitrogens with one attached hydrogen (secondary N) is 1. The lowest BCUT2D eigenvalue weighted by Crippen LogP contribution is -2.44. The summed E-state index contributed by atoms with van der Waals surface area (Å²) < 4.78 is 18.1. The number of carbonyl (C=O) groups is 2. The first-order chi connectivity index (χ1) is 11.0. The van der Waals surface area contributed by atoms with Crippen LogP contribution in [0.25, 0.3) is 0 Å². The van der Waals surface area contributed by atoms with Gasteiger partial charge in [0, 0.05) is 6.54 Å². The quantitative estimate of drug-likeness (QED) is 0.735. The normalized spacial score (nSPS) is 18.4. The maximum atomic E-state index is 12.7. The molecule has 0 spiro atoms. The lowest BCUT2D eigenvalue weighted by molar-refractivity contribution is -0.144. The summed E-state index contributed by atoms with van der Waals surface area (Å²) in [4.78, 5) is 24.7. The van der Waals surface area contributed by atoms with Gasteiger partial charge in [0.1, 0.15) is 18.2 Å².